The van der Waals surface area contributed by atoms with Crippen molar-refractivity contribution >= 4 is 21.9 Å². The molecule has 0 aliphatic rings. The summed E-state index contributed by atoms with van der Waals surface area (Å²) in [4.78, 5) is 25.9. The van der Waals surface area contributed by atoms with Gasteiger partial charge in [0.25, 0.3) is 5.91 Å². The first kappa shape index (κ1) is 22.6. The molecule has 0 aliphatic carbocycles. The number of hydrogen-bond donors (Lipinski definition) is 0. The smallest absolute Gasteiger partial charge is 0.321 e. The van der Waals surface area contributed by atoms with Crippen LogP contribution in [0.2, 0.25) is 0 Å². The number of carbonyl (C=O) groups excluding carboxylic acids is 2. The number of methoxy groups -OCH3 is 1. The summed E-state index contributed by atoms with van der Waals surface area (Å²) in [6, 6.07) is 14.8. The molecule has 0 saturated carbocycles. The predicted molar refractivity (Wildman–Crippen MR) is 110 cm³/mol. The molecule has 2 aromatic rings. The summed E-state index contributed by atoms with van der Waals surface area (Å²) in [6.07, 6.45) is 0. The monoisotopic (exact) mass is 418 g/mol. The molecule has 0 atom stereocenters. The van der Waals surface area contributed by atoms with Gasteiger partial charge in [-0.1, -0.05) is 30.3 Å². The van der Waals surface area contributed by atoms with Crippen LogP contribution in [0.5, 0.6) is 0 Å². The lowest BCUT2D eigenvalue weighted by Gasteiger charge is -2.22. The molecule has 0 saturated heterocycles. The zero-order valence-corrected chi connectivity index (χ0v) is 17.7. The minimum Gasteiger partial charge on any atom is -0.468 e. The minimum atomic E-state index is -3.97. The minimum absolute atomic E-state index is 0.00781. The van der Waals surface area contributed by atoms with Gasteiger partial charge in [0.15, 0.2) is 0 Å². The van der Waals surface area contributed by atoms with Crippen molar-refractivity contribution in [3.8, 4) is 0 Å². The van der Waals surface area contributed by atoms with E-state index in [0.29, 0.717) is 18.7 Å². The number of esters is 1. The van der Waals surface area contributed by atoms with Crippen molar-refractivity contribution in [2.24, 2.45) is 0 Å². The lowest BCUT2D eigenvalue weighted by molar-refractivity contribution is -0.140. The highest BCUT2D eigenvalue weighted by Gasteiger charge is 2.27. The Morgan fingerprint density at radius 1 is 0.931 bits per heavy atom. The molecule has 1 amide bonds. The fourth-order valence-corrected chi connectivity index (χ4v) is 4.21. The lowest BCUT2D eigenvalue weighted by Crippen LogP contribution is -2.36. The Morgan fingerprint density at radius 2 is 1.52 bits per heavy atom. The second-order valence-electron chi connectivity index (χ2n) is 6.34. The molecule has 0 N–H and O–H groups in total. The topological polar surface area (TPSA) is 84.0 Å². The normalized spacial score (nSPS) is 11.3. The second kappa shape index (κ2) is 10.2. The molecule has 0 spiro atoms. The average molecular weight is 419 g/mol. The number of ether oxygens (including phenoxy) is 1. The van der Waals surface area contributed by atoms with Crippen molar-refractivity contribution in [2.45, 2.75) is 25.3 Å². The van der Waals surface area contributed by atoms with Gasteiger partial charge in [-0.25, -0.2) is 8.42 Å². The molecule has 29 heavy (non-hydrogen) atoms. The van der Waals surface area contributed by atoms with Gasteiger partial charge in [0, 0.05) is 25.2 Å². The highest BCUT2D eigenvalue weighted by Crippen LogP contribution is 2.20. The standard InChI is InChI=1S/C21H26N2O5S/c1-4-22(5-2)21(25)18-11-13-19(14-12-18)29(26,27)23(16-20(24)28-3)15-17-9-7-6-8-10-17/h6-14H,4-5,15-16H2,1-3H3. The molecule has 0 radical (unpaired) electrons. The molecule has 0 aromatic heterocycles. The summed E-state index contributed by atoms with van der Waals surface area (Å²) in [7, 11) is -2.76. The van der Waals surface area contributed by atoms with E-state index in [4.69, 9.17) is 0 Å². The molecule has 0 fully saturated rings. The van der Waals surface area contributed by atoms with Crippen LogP contribution in [0.25, 0.3) is 0 Å². The highest BCUT2D eigenvalue weighted by molar-refractivity contribution is 7.89. The van der Waals surface area contributed by atoms with E-state index in [9.17, 15) is 18.0 Å². The Balaban J connectivity index is 2.32. The summed E-state index contributed by atoms with van der Waals surface area (Å²) in [5.41, 5.74) is 1.16. The molecule has 0 aliphatic heterocycles. The van der Waals surface area contributed by atoms with Crippen LogP contribution in [0.3, 0.4) is 0 Å². The first-order valence-corrected chi connectivity index (χ1v) is 10.8. The van der Waals surface area contributed by atoms with Gasteiger partial charge in [-0.3, -0.25) is 9.59 Å². The van der Waals surface area contributed by atoms with Gasteiger partial charge in [0.2, 0.25) is 10.0 Å². The highest BCUT2D eigenvalue weighted by atomic mass is 32.2. The number of nitrogens with zero attached hydrogens (tertiary/aromatic N) is 2. The largest absolute Gasteiger partial charge is 0.468 e. The first-order chi connectivity index (χ1) is 13.8. The first-order valence-electron chi connectivity index (χ1n) is 9.33. The van der Waals surface area contributed by atoms with E-state index >= 15 is 0 Å². The average Bonchev–Trinajstić information content (AvgIpc) is 2.74. The summed E-state index contributed by atoms with van der Waals surface area (Å²) >= 11 is 0. The van der Waals surface area contributed by atoms with Gasteiger partial charge < -0.3 is 9.64 Å². The van der Waals surface area contributed by atoms with Gasteiger partial charge >= 0.3 is 5.97 Å². The molecule has 2 rings (SSSR count). The molecule has 0 bridgehead atoms. The zero-order valence-electron chi connectivity index (χ0n) is 16.9. The maximum atomic E-state index is 13.1. The van der Waals surface area contributed by atoms with E-state index < -0.39 is 22.5 Å². The second-order valence-corrected chi connectivity index (χ2v) is 8.27. The van der Waals surface area contributed by atoms with E-state index in [1.807, 2.05) is 19.9 Å². The number of hydrogen-bond acceptors (Lipinski definition) is 5. The number of carbonyl (C=O) groups is 2. The molecule has 8 heteroatoms. The summed E-state index contributed by atoms with van der Waals surface area (Å²) in [5.74, 6) is -0.813. The Kier molecular flexibility index (Phi) is 7.92. The predicted octanol–water partition coefficient (Wildman–Crippen LogP) is 2.53. The third-order valence-corrected chi connectivity index (χ3v) is 6.33. The van der Waals surface area contributed by atoms with Gasteiger partial charge in [0.1, 0.15) is 6.54 Å². The third kappa shape index (κ3) is 5.65. The van der Waals surface area contributed by atoms with E-state index in [0.717, 1.165) is 9.87 Å². The van der Waals surface area contributed by atoms with E-state index in [1.54, 1.807) is 29.2 Å². The quantitative estimate of drug-likeness (QED) is 0.585. The Labute approximate surface area is 171 Å². The van der Waals surface area contributed by atoms with E-state index in [1.165, 1.54) is 31.4 Å². The number of rotatable bonds is 9. The molecular weight excluding hydrogens is 392 g/mol. The van der Waals surface area contributed by atoms with Crippen LogP contribution in [0.1, 0.15) is 29.8 Å². The van der Waals surface area contributed by atoms with Crippen molar-refractivity contribution in [2.75, 3.05) is 26.7 Å². The molecule has 7 nitrogen and oxygen atoms in total. The molecule has 156 valence electrons. The van der Waals surface area contributed by atoms with Crippen molar-refractivity contribution in [3.63, 3.8) is 0 Å². The maximum Gasteiger partial charge on any atom is 0.321 e. The van der Waals surface area contributed by atoms with Crippen LogP contribution in [0, 0.1) is 0 Å². The van der Waals surface area contributed by atoms with Crippen LogP contribution in [-0.2, 0) is 26.1 Å². The fraction of sp³-hybridized carbons (Fsp3) is 0.333. The summed E-state index contributed by atoms with van der Waals surface area (Å²) < 4.78 is 32.0. The van der Waals surface area contributed by atoms with E-state index in [2.05, 4.69) is 4.74 Å². The van der Waals surface area contributed by atoms with Crippen LogP contribution >= 0.6 is 0 Å². The summed E-state index contributed by atoms with van der Waals surface area (Å²) in [6.45, 7) is 4.52. The Morgan fingerprint density at radius 3 is 2.03 bits per heavy atom. The lowest BCUT2D eigenvalue weighted by atomic mass is 10.2. The van der Waals surface area contributed by atoms with Crippen LogP contribution in [0.15, 0.2) is 59.5 Å². The zero-order chi connectivity index (χ0) is 21.4. The molecular formula is C21H26N2O5S. The van der Waals surface area contributed by atoms with Crippen LogP contribution in [0.4, 0.5) is 0 Å². The Hall–Kier alpha value is -2.71. The third-order valence-electron chi connectivity index (χ3n) is 4.52. The van der Waals surface area contributed by atoms with Crippen molar-refractivity contribution in [1.29, 1.82) is 0 Å². The van der Waals surface area contributed by atoms with Crippen LogP contribution in [-0.4, -0.2) is 56.2 Å². The van der Waals surface area contributed by atoms with Gasteiger partial charge in [0.05, 0.1) is 12.0 Å². The molecule has 0 heterocycles. The van der Waals surface area contributed by atoms with Gasteiger partial charge in [-0.2, -0.15) is 4.31 Å². The Bertz CT molecular complexity index is 923. The molecule has 2 aromatic carbocycles. The molecule has 0 unspecified atom stereocenters. The number of sulfonamides is 1. The van der Waals surface area contributed by atoms with Crippen molar-refractivity contribution in [1.82, 2.24) is 9.21 Å². The van der Waals surface area contributed by atoms with E-state index in [-0.39, 0.29) is 17.3 Å². The number of benzene rings is 2. The summed E-state index contributed by atoms with van der Waals surface area (Å²) in [5, 5.41) is 0. The van der Waals surface area contributed by atoms with Crippen molar-refractivity contribution < 1.29 is 22.7 Å². The maximum absolute atomic E-state index is 13.1. The fourth-order valence-electron chi connectivity index (χ4n) is 2.83. The van der Waals surface area contributed by atoms with Crippen LogP contribution < -0.4 is 0 Å². The van der Waals surface area contributed by atoms with Gasteiger partial charge in [-0.05, 0) is 43.7 Å². The van der Waals surface area contributed by atoms with Gasteiger partial charge in [-0.15, -0.1) is 0 Å². The van der Waals surface area contributed by atoms with Crippen molar-refractivity contribution in [3.05, 3.63) is 65.7 Å². The SMILES string of the molecule is CCN(CC)C(=O)c1ccc(S(=O)(=O)N(CC(=O)OC)Cc2ccccc2)cc1. The number of amides is 1.